The second-order valence-corrected chi connectivity index (χ2v) is 7.31. The van der Waals surface area contributed by atoms with Crippen LogP contribution in [-0.4, -0.2) is 17.5 Å². The summed E-state index contributed by atoms with van der Waals surface area (Å²) in [6.07, 6.45) is -2.30. The number of nitrogens with one attached hydrogen (secondary N) is 2. The molecule has 2 aromatic rings. The molecule has 2 N–H and O–H groups in total. The summed E-state index contributed by atoms with van der Waals surface area (Å²) >= 11 is 0. The lowest BCUT2D eigenvalue weighted by Crippen LogP contribution is -2.17. The van der Waals surface area contributed by atoms with Crippen LogP contribution in [-0.2, 0) is 6.18 Å². The molecule has 1 fully saturated rings. The number of amides is 1. The minimum Gasteiger partial charge on any atom is -0.492 e. The summed E-state index contributed by atoms with van der Waals surface area (Å²) in [5.74, 6) is -0.409. The number of ether oxygens (including phenoxy) is 1. The fourth-order valence-corrected chi connectivity index (χ4v) is 2.78. The van der Waals surface area contributed by atoms with Gasteiger partial charge in [-0.25, -0.2) is 0 Å². The molecule has 8 heteroatoms. The first-order chi connectivity index (χ1) is 12.6. The molecule has 3 rings (SSSR count). The van der Waals surface area contributed by atoms with Gasteiger partial charge in [0.2, 0.25) is 5.56 Å². The highest BCUT2D eigenvalue weighted by Crippen LogP contribution is 2.51. The predicted molar refractivity (Wildman–Crippen MR) is 93.8 cm³/mol. The Morgan fingerprint density at radius 3 is 2.59 bits per heavy atom. The molecule has 0 spiro atoms. The number of pyridine rings is 1. The lowest BCUT2D eigenvalue weighted by Gasteiger charge is -2.15. The summed E-state index contributed by atoms with van der Waals surface area (Å²) in [6, 6.07) is 5.37. The van der Waals surface area contributed by atoms with Crippen molar-refractivity contribution in [2.24, 2.45) is 11.3 Å². The highest BCUT2D eigenvalue weighted by atomic mass is 19.4. The highest BCUT2D eigenvalue weighted by molar-refractivity contribution is 6.06. The molecule has 1 aliphatic carbocycles. The van der Waals surface area contributed by atoms with Crippen LogP contribution in [0, 0.1) is 11.3 Å². The maximum absolute atomic E-state index is 13.1. The maximum Gasteiger partial charge on any atom is 0.416 e. The molecule has 1 heterocycles. The van der Waals surface area contributed by atoms with Gasteiger partial charge in [-0.2, -0.15) is 13.2 Å². The molecule has 144 valence electrons. The van der Waals surface area contributed by atoms with Crippen LogP contribution in [0.3, 0.4) is 0 Å². The summed E-state index contributed by atoms with van der Waals surface area (Å²) in [6.45, 7) is 4.48. The zero-order valence-corrected chi connectivity index (χ0v) is 14.8. The number of anilines is 1. The van der Waals surface area contributed by atoms with Crippen molar-refractivity contribution < 1.29 is 22.7 Å². The summed E-state index contributed by atoms with van der Waals surface area (Å²) in [7, 11) is 0. The molecular weight excluding hydrogens is 361 g/mol. The minimum atomic E-state index is -4.59. The molecule has 5 nitrogen and oxygen atoms in total. The molecule has 1 saturated carbocycles. The van der Waals surface area contributed by atoms with Crippen LogP contribution in [0.5, 0.6) is 5.75 Å². The standard InChI is InChI=1S/C19H19F3N2O3/c1-18(2)9-12(18)10-27-15-4-3-11(19(20,21)22)7-14(15)17(26)24-13-5-6-23-16(25)8-13/h3-8,12H,9-10H2,1-2H3,(H2,23,24,25,26). The lowest BCUT2D eigenvalue weighted by molar-refractivity contribution is -0.137. The Labute approximate surface area is 153 Å². The molecule has 0 aliphatic heterocycles. The third-order valence-electron chi connectivity index (χ3n) is 4.74. The van der Waals surface area contributed by atoms with Crippen molar-refractivity contribution in [3.8, 4) is 5.75 Å². The van der Waals surface area contributed by atoms with E-state index in [2.05, 4.69) is 24.1 Å². The van der Waals surface area contributed by atoms with E-state index in [-0.39, 0.29) is 22.4 Å². The first-order valence-corrected chi connectivity index (χ1v) is 8.40. The number of halogens is 3. The Bertz CT molecular complexity index is 919. The van der Waals surface area contributed by atoms with Crippen LogP contribution < -0.4 is 15.6 Å². The largest absolute Gasteiger partial charge is 0.492 e. The van der Waals surface area contributed by atoms with Gasteiger partial charge in [-0.15, -0.1) is 0 Å². The number of rotatable bonds is 5. The van der Waals surface area contributed by atoms with E-state index in [0.29, 0.717) is 12.5 Å². The number of hydrogen-bond acceptors (Lipinski definition) is 3. The van der Waals surface area contributed by atoms with Crippen molar-refractivity contribution >= 4 is 11.6 Å². The Morgan fingerprint density at radius 1 is 1.30 bits per heavy atom. The zero-order valence-electron chi connectivity index (χ0n) is 14.8. The quantitative estimate of drug-likeness (QED) is 0.821. The van der Waals surface area contributed by atoms with Crippen molar-refractivity contribution in [1.29, 1.82) is 0 Å². The molecule has 1 aromatic heterocycles. The number of benzene rings is 1. The number of carbonyl (C=O) groups is 1. The van der Waals surface area contributed by atoms with Gasteiger partial charge in [0.25, 0.3) is 5.91 Å². The number of aromatic amines is 1. The van der Waals surface area contributed by atoms with E-state index in [1.807, 2.05) is 0 Å². The Balaban J connectivity index is 1.86. The van der Waals surface area contributed by atoms with Crippen molar-refractivity contribution in [2.75, 3.05) is 11.9 Å². The van der Waals surface area contributed by atoms with Crippen LogP contribution in [0.2, 0.25) is 0 Å². The minimum absolute atomic E-state index is 0.0769. The highest BCUT2D eigenvalue weighted by Gasteiger charge is 2.46. The Hall–Kier alpha value is -2.77. The fourth-order valence-electron chi connectivity index (χ4n) is 2.78. The van der Waals surface area contributed by atoms with E-state index in [1.54, 1.807) is 0 Å². The molecular formula is C19H19F3N2O3. The molecule has 1 aromatic carbocycles. The topological polar surface area (TPSA) is 71.2 Å². The molecule has 1 aliphatic rings. The van der Waals surface area contributed by atoms with Gasteiger partial charge in [-0.1, -0.05) is 13.8 Å². The van der Waals surface area contributed by atoms with E-state index in [1.165, 1.54) is 12.3 Å². The number of hydrogen-bond donors (Lipinski definition) is 2. The number of carbonyl (C=O) groups excluding carboxylic acids is 1. The smallest absolute Gasteiger partial charge is 0.416 e. The van der Waals surface area contributed by atoms with Crippen LogP contribution in [0.15, 0.2) is 41.3 Å². The fraction of sp³-hybridized carbons (Fsp3) is 0.368. The average molecular weight is 380 g/mol. The molecule has 27 heavy (non-hydrogen) atoms. The van der Waals surface area contributed by atoms with Crippen molar-refractivity contribution in [3.63, 3.8) is 0 Å². The molecule has 1 amide bonds. The molecule has 0 bridgehead atoms. The molecule has 1 atom stereocenters. The zero-order chi connectivity index (χ0) is 19.8. The van der Waals surface area contributed by atoms with Gasteiger partial charge >= 0.3 is 6.18 Å². The first kappa shape index (κ1) is 19.0. The summed E-state index contributed by atoms with van der Waals surface area (Å²) < 4.78 is 44.8. The first-order valence-electron chi connectivity index (χ1n) is 8.40. The van der Waals surface area contributed by atoms with Gasteiger partial charge < -0.3 is 15.0 Å². The van der Waals surface area contributed by atoms with E-state index < -0.39 is 23.2 Å². The normalized spacial score (nSPS) is 18.0. The molecule has 0 radical (unpaired) electrons. The maximum atomic E-state index is 13.1. The Morgan fingerprint density at radius 2 is 2.00 bits per heavy atom. The summed E-state index contributed by atoms with van der Waals surface area (Å²) in [5, 5.41) is 2.43. The van der Waals surface area contributed by atoms with E-state index in [0.717, 1.165) is 30.7 Å². The van der Waals surface area contributed by atoms with E-state index in [4.69, 9.17) is 4.74 Å². The lowest BCUT2D eigenvalue weighted by atomic mass is 10.1. The SMILES string of the molecule is CC1(C)CC1COc1ccc(C(F)(F)F)cc1C(=O)Nc1cc[nH]c(=O)c1. The number of alkyl halides is 3. The van der Waals surface area contributed by atoms with Gasteiger partial charge in [0.05, 0.1) is 17.7 Å². The van der Waals surface area contributed by atoms with Crippen LogP contribution in [0.4, 0.5) is 18.9 Å². The number of H-pyrrole nitrogens is 1. The number of aromatic nitrogens is 1. The predicted octanol–water partition coefficient (Wildman–Crippen LogP) is 4.07. The van der Waals surface area contributed by atoms with E-state index in [9.17, 15) is 22.8 Å². The Kier molecular flexibility index (Phi) is 4.75. The van der Waals surface area contributed by atoms with Crippen molar-refractivity contribution in [3.05, 3.63) is 58.0 Å². The summed E-state index contributed by atoms with van der Waals surface area (Å²) in [4.78, 5) is 26.3. The van der Waals surface area contributed by atoms with Gasteiger partial charge in [-0.05, 0) is 42.0 Å². The van der Waals surface area contributed by atoms with Crippen LogP contribution in [0.1, 0.15) is 36.2 Å². The second kappa shape index (κ2) is 6.75. The summed E-state index contributed by atoms with van der Waals surface area (Å²) in [5.41, 5.74) is -1.31. The van der Waals surface area contributed by atoms with Gasteiger partial charge in [0.1, 0.15) is 5.75 Å². The molecule has 0 saturated heterocycles. The third kappa shape index (κ3) is 4.50. The van der Waals surface area contributed by atoms with Crippen molar-refractivity contribution in [1.82, 2.24) is 4.98 Å². The van der Waals surface area contributed by atoms with E-state index >= 15 is 0 Å². The average Bonchev–Trinajstić information content (AvgIpc) is 3.18. The third-order valence-corrected chi connectivity index (χ3v) is 4.74. The van der Waals surface area contributed by atoms with Crippen molar-refractivity contribution in [2.45, 2.75) is 26.4 Å². The monoisotopic (exact) mass is 380 g/mol. The second-order valence-electron chi connectivity index (χ2n) is 7.31. The van der Waals surface area contributed by atoms with Gasteiger partial charge in [0.15, 0.2) is 0 Å². The van der Waals surface area contributed by atoms with Crippen LogP contribution >= 0.6 is 0 Å². The van der Waals surface area contributed by atoms with Gasteiger partial charge in [0, 0.05) is 18.0 Å². The van der Waals surface area contributed by atoms with Gasteiger partial charge in [-0.3, -0.25) is 9.59 Å². The van der Waals surface area contributed by atoms with Crippen LogP contribution in [0.25, 0.3) is 0 Å². The molecule has 1 unspecified atom stereocenters.